The molecule has 1 rings (SSSR count). The molecule has 0 amide bonds. The van der Waals surface area contributed by atoms with Crippen molar-refractivity contribution >= 4 is 0 Å². The molecule has 98 valence electrons. The van der Waals surface area contributed by atoms with Gasteiger partial charge in [-0.25, -0.2) is 0 Å². The van der Waals surface area contributed by atoms with E-state index in [-0.39, 0.29) is 0 Å². The molecular weight excluding hydrogens is 180 g/mol. The quantitative estimate of drug-likeness (QED) is 0.484. The van der Waals surface area contributed by atoms with Gasteiger partial charge in [-0.2, -0.15) is 0 Å². The van der Waals surface area contributed by atoms with Crippen molar-refractivity contribution in [2.45, 2.75) is 94.4 Å². The van der Waals surface area contributed by atoms with Crippen LogP contribution in [0.3, 0.4) is 0 Å². The summed E-state index contributed by atoms with van der Waals surface area (Å²) in [4.78, 5) is 0. The monoisotopic (exact) mass is 218 g/mol. The van der Waals surface area contributed by atoms with Crippen LogP contribution in [-0.2, 0) is 0 Å². The highest BCUT2D eigenvalue weighted by Gasteiger charge is 1.95. The lowest BCUT2D eigenvalue weighted by molar-refractivity contribution is 0.576. The van der Waals surface area contributed by atoms with Gasteiger partial charge in [0.05, 0.1) is 0 Å². The maximum absolute atomic E-state index is 2.25. The molecule has 1 fully saturated rings. The van der Waals surface area contributed by atoms with Crippen LogP contribution in [0.2, 0.25) is 0 Å². The predicted molar refractivity (Wildman–Crippen MR) is 77.6 cm³/mol. The molecule has 0 spiro atoms. The molecule has 1 saturated carbocycles. The summed E-state index contributed by atoms with van der Waals surface area (Å²) >= 11 is 0. The SMILES string of the molecule is C1CC1.CC.CC.CC.CCCC(C)C. The minimum atomic E-state index is 0.898. The van der Waals surface area contributed by atoms with Gasteiger partial charge >= 0.3 is 0 Å². The minimum absolute atomic E-state index is 0.898. The first-order valence-corrected chi connectivity index (χ1v) is 7.27. The smallest absolute Gasteiger partial charge is 0.0471 e. The molecule has 0 bridgehead atoms. The zero-order valence-electron chi connectivity index (χ0n) is 13.1. The Labute approximate surface area is 101 Å². The molecule has 0 radical (unpaired) electrons. The Morgan fingerprint density at radius 3 is 1.00 bits per heavy atom. The molecule has 1 aliphatic rings. The first-order chi connectivity index (χ1) is 7.27. The molecule has 0 aromatic carbocycles. The molecule has 0 heteroatoms. The molecule has 1 aliphatic carbocycles. The highest BCUT2D eigenvalue weighted by molar-refractivity contribution is 4.50. The molecule has 0 atom stereocenters. The molecule has 0 aliphatic heterocycles. The fourth-order valence-electron chi connectivity index (χ4n) is 0.577. The van der Waals surface area contributed by atoms with Crippen molar-refractivity contribution in [3.8, 4) is 0 Å². The average Bonchev–Trinajstić information content (AvgIpc) is 3.14. The molecule has 0 nitrogen and oxygen atoms in total. The van der Waals surface area contributed by atoms with Crippen LogP contribution in [-0.4, -0.2) is 0 Å². The van der Waals surface area contributed by atoms with Crippen LogP contribution in [0, 0.1) is 5.92 Å². The highest BCUT2D eigenvalue weighted by Crippen LogP contribution is 2.14. The van der Waals surface area contributed by atoms with Gasteiger partial charge in [0, 0.05) is 0 Å². The minimum Gasteiger partial charge on any atom is -0.0683 e. The number of hydrogen-bond acceptors (Lipinski definition) is 0. The van der Waals surface area contributed by atoms with E-state index in [0.29, 0.717) is 0 Å². The van der Waals surface area contributed by atoms with E-state index in [1.165, 1.54) is 32.1 Å². The molecule has 0 unspecified atom stereocenters. The topological polar surface area (TPSA) is 0 Å². The van der Waals surface area contributed by atoms with Gasteiger partial charge in [-0.15, -0.1) is 0 Å². The van der Waals surface area contributed by atoms with Crippen molar-refractivity contribution in [2.24, 2.45) is 5.92 Å². The Balaban J connectivity index is -0.0000000570. The summed E-state index contributed by atoms with van der Waals surface area (Å²) in [6, 6.07) is 0. The molecule has 0 saturated heterocycles. The Morgan fingerprint density at radius 1 is 0.733 bits per heavy atom. The van der Waals surface area contributed by atoms with E-state index in [4.69, 9.17) is 0 Å². The van der Waals surface area contributed by atoms with Crippen LogP contribution in [0.4, 0.5) is 0 Å². The van der Waals surface area contributed by atoms with Gasteiger partial charge in [-0.1, -0.05) is 94.4 Å². The van der Waals surface area contributed by atoms with E-state index in [1.54, 1.807) is 0 Å². The van der Waals surface area contributed by atoms with E-state index >= 15 is 0 Å². The van der Waals surface area contributed by atoms with Crippen molar-refractivity contribution in [1.82, 2.24) is 0 Å². The maximum Gasteiger partial charge on any atom is -0.0471 e. The Hall–Kier alpha value is 0. The van der Waals surface area contributed by atoms with Crippen LogP contribution >= 0.6 is 0 Å². The van der Waals surface area contributed by atoms with Crippen LogP contribution in [0.25, 0.3) is 0 Å². The van der Waals surface area contributed by atoms with Crippen molar-refractivity contribution in [1.29, 1.82) is 0 Å². The second kappa shape index (κ2) is 37.0. The molecule has 15 heavy (non-hydrogen) atoms. The third kappa shape index (κ3) is 126. The van der Waals surface area contributed by atoms with Crippen molar-refractivity contribution in [3.63, 3.8) is 0 Å². The first-order valence-electron chi connectivity index (χ1n) is 7.27. The maximum atomic E-state index is 2.25. The Morgan fingerprint density at radius 2 is 1.00 bits per heavy atom. The third-order valence-corrected chi connectivity index (χ3v) is 1.22. The fourth-order valence-corrected chi connectivity index (χ4v) is 0.577. The summed E-state index contributed by atoms with van der Waals surface area (Å²) in [6.45, 7) is 18.7. The van der Waals surface area contributed by atoms with E-state index in [1.807, 2.05) is 41.5 Å². The summed E-state index contributed by atoms with van der Waals surface area (Å²) in [7, 11) is 0. The second-order valence-electron chi connectivity index (χ2n) is 3.24. The molecule has 0 aromatic heterocycles. The van der Waals surface area contributed by atoms with Gasteiger partial charge in [0.1, 0.15) is 0 Å². The molecule has 0 heterocycles. The van der Waals surface area contributed by atoms with E-state index < -0.39 is 0 Å². The Bertz CT molecular complexity index is 41.2. The van der Waals surface area contributed by atoms with Crippen molar-refractivity contribution in [2.75, 3.05) is 0 Å². The van der Waals surface area contributed by atoms with Gasteiger partial charge in [0.15, 0.2) is 0 Å². The zero-order chi connectivity index (χ0) is 13.1. The van der Waals surface area contributed by atoms with Gasteiger partial charge in [-0.3, -0.25) is 0 Å². The largest absolute Gasteiger partial charge is 0.0683 e. The average molecular weight is 218 g/mol. The van der Waals surface area contributed by atoms with Crippen LogP contribution in [0.5, 0.6) is 0 Å². The van der Waals surface area contributed by atoms with E-state index in [2.05, 4.69) is 20.8 Å². The van der Waals surface area contributed by atoms with Gasteiger partial charge in [0.25, 0.3) is 0 Å². The van der Waals surface area contributed by atoms with Gasteiger partial charge in [0.2, 0.25) is 0 Å². The van der Waals surface area contributed by atoms with E-state index in [9.17, 15) is 0 Å². The van der Waals surface area contributed by atoms with Crippen molar-refractivity contribution < 1.29 is 0 Å². The summed E-state index contributed by atoms with van der Waals surface area (Å²) < 4.78 is 0. The summed E-state index contributed by atoms with van der Waals surface area (Å²) in [5.41, 5.74) is 0. The lowest BCUT2D eigenvalue weighted by Gasteiger charge is -1.95. The highest BCUT2D eigenvalue weighted by atomic mass is 14.0. The second-order valence-corrected chi connectivity index (χ2v) is 3.24. The fraction of sp³-hybridized carbons (Fsp3) is 1.00. The third-order valence-electron chi connectivity index (χ3n) is 1.22. The zero-order valence-corrected chi connectivity index (χ0v) is 13.1. The lowest BCUT2D eigenvalue weighted by atomic mass is 10.1. The first kappa shape index (κ1) is 24.3. The lowest BCUT2D eigenvalue weighted by Crippen LogP contribution is -1.81. The van der Waals surface area contributed by atoms with Gasteiger partial charge < -0.3 is 0 Å². The standard InChI is InChI=1S/C6H14.C3H6.3C2H6/c1-4-5-6(2)3;1-2-3-1;3*1-2/h6H,4-5H2,1-3H3;1-3H2;3*1-2H3. The van der Waals surface area contributed by atoms with E-state index in [0.717, 1.165) is 5.92 Å². The van der Waals surface area contributed by atoms with Crippen molar-refractivity contribution in [3.05, 3.63) is 0 Å². The molecule has 0 aromatic rings. The summed E-state index contributed by atoms with van der Waals surface area (Å²) in [5, 5.41) is 0. The van der Waals surface area contributed by atoms with Crippen LogP contribution < -0.4 is 0 Å². The summed E-state index contributed by atoms with van der Waals surface area (Å²) in [6.07, 6.45) is 7.21. The Kier molecular flexibility index (Phi) is 59.9. The van der Waals surface area contributed by atoms with Gasteiger partial charge in [-0.05, 0) is 5.92 Å². The number of rotatable bonds is 2. The normalized spacial score (nSPS) is 10.0. The number of hydrogen-bond donors (Lipinski definition) is 0. The summed E-state index contributed by atoms with van der Waals surface area (Å²) in [5.74, 6) is 0.898. The molecular formula is C15H38. The van der Waals surface area contributed by atoms with Crippen LogP contribution in [0.1, 0.15) is 94.4 Å². The van der Waals surface area contributed by atoms with Crippen LogP contribution in [0.15, 0.2) is 0 Å². The molecule has 0 N–H and O–H groups in total. The predicted octanol–water partition coefficient (Wildman–Crippen LogP) is 6.69.